The van der Waals surface area contributed by atoms with Gasteiger partial charge in [0.05, 0.1) is 10.2 Å². The minimum atomic E-state index is -0.494. The minimum Gasteiger partial charge on any atom is -0.484 e. The Labute approximate surface area is 198 Å². The Hall–Kier alpha value is -3.85. The number of benzene rings is 2. The number of hydrogen-bond acceptors (Lipinski definition) is 5. The molecule has 168 valence electrons. The highest BCUT2D eigenvalue weighted by Gasteiger charge is 2.21. The monoisotopic (exact) mass is 508 g/mol. The molecule has 8 nitrogen and oxygen atoms in total. The van der Waals surface area contributed by atoms with E-state index in [0.29, 0.717) is 23.7 Å². The Morgan fingerprint density at radius 2 is 1.76 bits per heavy atom. The van der Waals surface area contributed by atoms with Crippen molar-refractivity contribution in [2.24, 2.45) is 0 Å². The molecule has 2 heterocycles. The van der Waals surface area contributed by atoms with Crippen molar-refractivity contribution in [3.05, 3.63) is 94.6 Å². The lowest BCUT2D eigenvalue weighted by Gasteiger charge is -2.06. The molecule has 4 aromatic rings. The van der Waals surface area contributed by atoms with Gasteiger partial charge in [0.25, 0.3) is 11.8 Å². The molecule has 0 saturated heterocycles. The summed E-state index contributed by atoms with van der Waals surface area (Å²) >= 11 is 3.42. The topological polar surface area (TPSA) is 98.4 Å². The van der Waals surface area contributed by atoms with Crippen LogP contribution in [0.3, 0.4) is 0 Å². The maximum atomic E-state index is 12.8. The summed E-state index contributed by atoms with van der Waals surface area (Å²) in [6.07, 6.45) is 1.61. The maximum absolute atomic E-state index is 12.8. The number of carbonyl (C=O) groups excluding carboxylic acids is 2. The lowest BCUT2D eigenvalue weighted by Crippen LogP contribution is -2.17. The Bertz CT molecular complexity index is 1270. The van der Waals surface area contributed by atoms with Crippen molar-refractivity contribution >= 4 is 39.1 Å². The van der Waals surface area contributed by atoms with Gasteiger partial charge in [-0.3, -0.25) is 14.3 Å². The second kappa shape index (κ2) is 10.2. The van der Waals surface area contributed by atoms with Crippen molar-refractivity contribution < 1.29 is 18.7 Å². The van der Waals surface area contributed by atoms with Crippen LogP contribution in [0, 0.1) is 0 Å². The number of furan rings is 1. The number of rotatable bonds is 8. The smallest absolute Gasteiger partial charge is 0.291 e. The molecule has 9 heteroatoms. The molecule has 0 atom stereocenters. The first-order valence-electron chi connectivity index (χ1n) is 10.2. The summed E-state index contributed by atoms with van der Waals surface area (Å²) in [6.45, 7) is 2.59. The molecule has 0 spiro atoms. The molecule has 4 rings (SSSR count). The Kier molecular flexibility index (Phi) is 6.89. The lowest BCUT2D eigenvalue weighted by molar-refractivity contribution is 0.0992. The fourth-order valence-corrected chi connectivity index (χ4v) is 3.43. The van der Waals surface area contributed by atoms with Crippen molar-refractivity contribution in [2.45, 2.75) is 20.1 Å². The van der Waals surface area contributed by atoms with Gasteiger partial charge >= 0.3 is 0 Å². The van der Waals surface area contributed by atoms with Gasteiger partial charge in [-0.05, 0) is 59.3 Å². The van der Waals surface area contributed by atoms with Gasteiger partial charge in [-0.25, -0.2) is 0 Å². The molecule has 0 unspecified atom stereocenters. The molecule has 2 aromatic heterocycles. The number of halogens is 1. The third kappa shape index (κ3) is 5.50. The second-order valence-corrected chi connectivity index (χ2v) is 7.86. The molecule has 0 saturated carbocycles. The van der Waals surface area contributed by atoms with Crippen LogP contribution in [0.25, 0.3) is 0 Å². The first-order valence-corrected chi connectivity index (χ1v) is 11.0. The second-order valence-electron chi connectivity index (χ2n) is 7.01. The molecule has 0 bridgehead atoms. The summed E-state index contributed by atoms with van der Waals surface area (Å²) in [6, 6.07) is 19.7. The summed E-state index contributed by atoms with van der Waals surface area (Å²) in [5.41, 5.74) is 1.03. The third-order valence-corrected chi connectivity index (χ3v) is 5.33. The van der Waals surface area contributed by atoms with Crippen LogP contribution in [-0.2, 0) is 13.2 Å². The molecule has 2 N–H and O–H groups in total. The Balaban J connectivity index is 1.44. The highest BCUT2D eigenvalue weighted by atomic mass is 79.9. The largest absolute Gasteiger partial charge is 0.484 e. The average molecular weight is 509 g/mol. The molecule has 0 radical (unpaired) electrons. The average Bonchev–Trinajstić information content (AvgIpc) is 3.46. The molecule has 2 amide bonds. The standard InChI is InChI=1S/C24H21BrN4O4/c1-2-29-14-19(22(28-29)24(31)26-16-8-4-3-5-9-16)27-23(30)21-13-12-17(33-21)15-32-20-11-7-6-10-18(20)25/h3-14H,2,15H2,1H3,(H,26,31)(H,27,30). The molecule has 33 heavy (non-hydrogen) atoms. The number of aromatic nitrogens is 2. The van der Waals surface area contributed by atoms with Gasteiger partial charge in [0.2, 0.25) is 0 Å². The van der Waals surface area contributed by atoms with Gasteiger partial charge < -0.3 is 19.8 Å². The zero-order valence-corrected chi connectivity index (χ0v) is 19.3. The van der Waals surface area contributed by atoms with Crippen molar-refractivity contribution in [3.63, 3.8) is 0 Å². The van der Waals surface area contributed by atoms with Crippen LogP contribution in [0.2, 0.25) is 0 Å². The number of nitrogens with zero attached hydrogens (tertiary/aromatic N) is 2. The number of aryl methyl sites for hydroxylation is 1. The van der Waals surface area contributed by atoms with Crippen LogP contribution < -0.4 is 15.4 Å². The number of ether oxygens (including phenoxy) is 1. The van der Waals surface area contributed by atoms with Crippen molar-refractivity contribution in [1.29, 1.82) is 0 Å². The van der Waals surface area contributed by atoms with Gasteiger partial charge in [0.1, 0.15) is 18.1 Å². The van der Waals surface area contributed by atoms with E-state index in [-0.39, 0.29) is 23.7 Å². The Morgan fingerprint density at radius 3 is 2.52 bits per heavy atom. The molecule has 0 aliphatic carbocycles. The molecule has 0 fully saturated rings. The van der Waals surface area contributed by atoms with E-state index in [9.17, 15) is 9.59 Å². The Morgan fingerprint density at radius 1 is 1.00 bits per heavy atom. The van der Waals surface area contributed by atoms with E-state index in [1.165, 1.54) is 0 Å². The number of nitrogens with one attached hydrogen (secondary N) is 2. The van der Waals surface area contributed by atoms with Crippen LogP contribution in [0.4, 0.5) is 11.4 Å². The first kappa shape index (κ1) is 22.3. The number of hydrogen-bond donors (Lipinski definition) is 2. The van der Waals surface area contributed by atoms with E-state index < -0.39 is 11.8 Å². The zero-order valence-electron chi connectivity index (χ0n) is 17.7. The van der Waals surface area contributed by atoms with Crippen LogP contribution in [0.1, 0.15) is 33.7 Å². The van der Waals surface area contributed by atoms with E-state index >= 15 is 0 Å². The fraction of sp³-hybridized carbons (Fsp3) is 0.125. The van der Waals surface area contributed by atoms with Crippen LogP contribution in [-0.4, -0.2) is 21.6 Å². The van der Waals surface area contributed by atoms with Gasteiger partial charge in [0.15, 0.2) is 11.5 Å². The summed E-state index contributed by atoms with van der Waals surface area (Å²) in [5, 5.41) is 9.78. The minimum absolute atomic E-state index is 0.0967. The van der Waals surface area contributed by atoms with Crippen molar-refractivity contribution in [1.82, 2.24) is 9.78 Å². The van der Waals surface area contributed by atoms with Crippen molar-refractivity contribution in [3.8, 4) is 5.75 Å². The van der Waals surface area contributed by atoms with Crippen LogP contribution >= 0.6 is 15.9 Å². The van der Waals surface area contributed by atoms with Crippen molar-refractivity contribution in [2.75, 3.05) is 10.6 Å². The lowest BCUT2D eigenvalue weighted by atomic mass is 10.3. The SMILES string of the molecule is CCn1cc(NC(=O)c2ccc(COc3ccccc3Br)o2)c(C(=O)Nc2ccccc2)n1. The van der Waals surface area contributed by atoms with E-state index in [0.717, 1.165) is 4.47 Å². The van der Waals surface area contributed by atoms with E-state index in [2.05, 4.69) is 31.7 Å². The summed E-state index contributed by atoms with van der Waals surface area (Å²) in [4.78, 5) is 25.5. The van der Waals surface area contributed by atoms with E-state index in [1.807, 2.05) is 49.4 Å². The molecule has 2 aromatic carbocycles. The fourth-order valence-electron chi connectivity index (χ4n) is 3.03. The number of anilines is 2. The summed E-state index contributed by atoms with van der Waals surface area (Å²) in [7, 11) is 0. The number of amides is 2. The van der Waals surface area contributed by atoms with Gasteiger partial charge in [-0.1, -0.05) is 30.3 Å². The normalized spacial score (nSPS) is 10.6. The van der Waals surface area contributed by atoms with Gasteiger partial charge in [0, 0.05) is 18.4 Å². The maximum Gasteiger partial charge on any atom is 0.291 e. The first-order chi connectivity index (χ1) is 16.0. The van der Waals surface area contributed by atoms with Crippen LogP contribution in [0.5, 0.6) is 5.75 Å². The quantitative estimate of drug-likeness (QED) is 0.334. The molecular weight excluding hydrogens is 488 g/mol. The summed E-state index contributed by atoms with van der Waals surface area (Å²) < 4.78 is 13.7. The third-order valence-electron chi connectivity index (χ3n) is 4.67. The highest BCUT2D eigenvalue weighted by Crippen LogP contribution is 2.25. The predicted molar refractivity (Wildman–Crippen MR) is 127 cm³/mol. The predicted octanol–water partition coefficient (Wildman–Crippen LogP) is 5.34. The highest BCUT2D eigenvalue weighted by molar-refractivity contribution is 9.10. The van der Waals surface area contributed by atoms with Crippen LogP contribution in [0.15, 0.2) is 81.8 Å². The van der Waals surface area contributed by atoms with Gasteiger partial charge in [-0.2, -0.15) is 5.10 Å². The number of para-hydroxylation sites is 2. The number of carbonyl (C=O) groups is 2. The molecule has 0 aliphatic rings. The molecule has 0 aliphatic heterocycles. The zero-order chi connectivity index (χ0) is 23.2. The van der Waals surface area contributed by atoms with Gasteiger partial charge in [-0.15, -0.1) is 0 Å². The summed E-state index contributed by atoms with van der Waals surface area (Å²) in [5.74, 6) is 0.333. The van der Waals surface area contributed by atoms with E-state index in [4.69, 9.17) is 9.15 Å². The molecular formula is C24H21BrN4O4. The van der Waals surface area contributed by atoms with E-state index in [1.54, 1.807) is 35.1 Å².